The van der Waals surface area contributed by atoms with Crippen molar-refractivity contribution in [1.82, 2.24) is 25.7 Å². The van der Waals surface area contributed by atoms with Crippen molar-refractivity contribution in [2.45, 2.75) is 19.1 Å². The maximum atomic E-state index is 12.8. The smallest absolute Gasteiger partial charge is 0.394 e. The van der Waals surface area contributed by atoms with Gasteiger partial charge in [0.05, 0.1) is 17.7 Å². The number of aromatic nitrogens is 4. The molecule has 3 rings (SSSR count). The number of rotatable bonds is 7. The maximum absolute atomic E-state index is 12.8. The van der Waals surface area contributed by atoms with Gasteiger partial charge in [-0.15, -0.1) is 0 Å². The summed E-state index contributed by atoms with van der Waals surface area (Å²) in [5.41, 5.74) is 0.140. The standard InChI is InChI=1S/C20H18F3N5O3/c1-3-12(20(21,22)23)9-8-11(2)17-25-19(31-28-17)15(10-29)24-18(30)16-13-6-4-5-7-14(13)26-27-16/h3-9,15,29H,1,10H2,2H3,(H,24,30)(H,26,27)/b11-8+,12-9+. The predicted molar refractivity (Wildman–Crippen MR) is 106 cm³/mol. The van der Waals surface area contributed by atoms with E-state index in [1.165, 1.54) is 13.0 Å². The van der Waals surface area contributed by atoms with Crippen molar-refractivity contribution < 1.29 is 27.6 Å². The second-order valence-electron chi connectivity index (χ2n) is 6.46. The number of aliphatic hydroxyl groups is 1. The first-order valence-corrected chi connectivity index (χ1v) is 9.01. The highest BCUT2D eigenvalue weighted by molar-refractivity contribution is 6.04. The quantitative estimate of drug-likeness (QED) is 0.491. The number of fused-ring (bicyclic) bond motifs is 1. The van der Waals surface area contributed by atoms with E-state index in [0.717, 1.165) is 6.08 Å². The summed E-state index contributed by atoms with van der Waals surface area (Å²) in [5.74, 6) is -0.677. The molecule has 0 spiro atoms. The number of allylic oxidation sites excluding steroid dienone is 5. The predicted octanol–water partition coefficient (Wildman–Crippen LogP) is 3.49. The number of aliphatic hydroxyl groups excluding tert-OH is 1. The molecule has 0 radical (unpaired) electrons. The van der Waals surface area contributed by atoms with Gasteiger partial charge in [-0.2, -0.15) is 23.3 Å². The molecule has 2 heterocycles. The lowest BCUT2D eigenvalue weighted by molar-refractivity contribution is -0.0881. The van der Waals surface area contributed by atoms with Crippen LogP contribution in [-0.2, 0) is 0 Å². The molecule has 1 unspecified atom stereocenters. The van der Waals surface area contributed by atoms with E-state index in [4.69, 9.17) is 4.52 Å². The molecule has 0 aliphatic rings. The van der Waals surface area contributed by atoms with E-state index >= 15 is 0 Å². The number of H-pyrrole nitrogens is 1. The first-order valence-electron chi connectivity index (χ1n) is 9.01. The first kappa shape index (κ1) is 22.0. The Morgan fingerprint density at radius 1 is 1.35 bits per heavy atom. The molecule has 0 aliphatic carbocycles. The molecular weight excluding hydrogens is 415 g/mol. The lowest BCUT2D eigenvalue weighted by atomic mass is 10.2. The van der Waals surface area contributed by atoms with Crippen LogP contribution >= 0.6 is 0 Å². The van der Waals surface area contributed by atoms with E-state index in [1.54, 1.807) is 24.3 Å². The Morgan fingerprint density at radius 2 is 2.10 bits per heavy atom. The maximum Gasteiger partial charge on any atom is 0.416 e. The number of hydrogen-bond donors (Lipinski definition) is 3. The number of carbonyl (C=O) groups is 1. The van der Waals surface area contributed by atoms with Crippen molar-refractivity contribution in [3.8, 4) is 0 Å². The Morgan fingerprint density at radius 3 is 2.77 bits per heavy atom. The number of nitrogens with zero attached hydrogens (tertiary/aromatic N) is 3. The Balaban J connectivity index is 1.78. The van der Waals surface area contributed by atoms with E-state index in [2.05, 4.69) is 32.2 Å². The number of nitrogens with one attached hydrogen (secondary N) is 2. The van der Waals surface area contributed by atoms with Gasteiger partial charge in [-0.05, 0) is 24.6 Å². The number of halogens is 3. The van der Waals surface area contributed by atoms with Crippen LogP contribution in [0.3, 0.4) is 0 Å². The fourth-order valence-electron chi connectivity index (χ4n) is 2.65. The molecule has 1 aromatic carbocycles. The first-order chi connectivity index (χ1) is 14.7. The summed E-state index contributed by atoms with van der Waals surface area (Å²) in [5, 5.41) is 23.2. The fourth-order valence-corrected chi connectivity index (χ4v) is 2.65. The summed E-state index contributed by atoms with van der Waals surface area (Å²) < 4.78 is 43.4. The molecule has 1 atom stereocenters. The van der Waals surface area contributed by atoms with E-state index in [1.807, 2.05) is 0 Å². The van der Waals surface area contributed by atoms with Crippen molar-refractivity contribution in [2.24, 2.45) is 0 Å². The van der Waals surface area contributed by atoms with Gasteiger partial charge in [-0.3, -0.25) is 9.89 Å². The largest absolute Gasteiger partial charge is 0.416 e. The highest BCUT2D eigenvalue weighted by Gasteiger charge is 2.31. The number of hydrogen-bond acceptors (Lipinski definition) is 6. The van der Waals surface area contributed by atoms with Crippen LogP contribution in [0.5, 0.6) is 0 Å². The van der Waals surface area contributed by atoms with Gasteiger partial charge in [-0.25, -0.2) is 0 Å². The van der Waals surface area contributed by atoms with Gasteiger partial charge in [0.1, 0.15) is 6.04 Å². The second-order valence-corrected chi connectivity index (χ2v) is 6.46. The third-order valence-electron chi connectivity index (χ3n) is 4.33. The summed E-state index contributed by atoms with van der Waals surface area (Å²) in [4.78, 5) is 16.6. The lowest BCUT2D eigenvalue weighted by Crippen LogP contribution is -2.31. The second kappa shape index (κ2) is 8.96. The Kier molecular flexibility index (Phi) is 6.35. The number of para-hydroxylation sites is 1. The van der Waals surface area contributed by atoms with Gasteiger partial charge in [0.25, 0.3) is 11.8 Å². The van der Waals surface area contributed by atoms with Crippen LogP contribution < -0.4 is 5.32 Å². The van der Waals surface area contributed by atoms with E-state index < -0.39 is 30.3 Å². The summed E-state index contributed by atoms with van der Waals surface area (Å²) in [6.45, 7) is 4.08. The minimum absolute atomic E-state index is 0.00903. The number of alkyl halides is 3. The lowest BCUT2D eigenvalue weighted by Gasteiger charge is -2.11. The molecule has 11 heteroatoms. The normalized spacial score (nSPS) is 14.0. The Labute approximate surface area is 174 Å². The Hall–Kier alpha value is -3.73. The average molecular weight is 433 g/mol. The molecule has 162 valence electrons. The fraction of sp³-hybridized carbons (Fsp3) is 0.200. The zero-order chi connectivity index (χ0) is 22.6. The summed E-state index contributed by atoms with van der Waals surface area (Å²) in [6, 6.07) is 5.98. The van der Waals surface area contributed by atoms with E-state index in [9.17, 15) is 23.1 Å². The summed E-state index contributed by atoms with van der Waals surface area (Å²) >= 11 is 0. The SMILES string of the molecule is C=C/C(=C\C=C(/C)c1noc(C(CO)NC(=O)c2n[nH]c3ccccc23)n1)C(F)(F)F. The number of benzene rings is 1. The topological polar surface area (TPSA) is 117 Å². The molecule has 8 nitrogen and oxygen atoms in total. The van der Waals surface area contributed by atoms with Crippen molar-refractivity contribution >= 4 is 22.4 Å². The van der Waals surface area contributed by atoms with Crippen LogP contribution in [-0.4, -0.2) is 44.1 Å². The van der Waals surface area contributed by atoms with Gasteiger partial charge in [0, 0.05) is 5.39 Å². The molecule has 0 bridgehead atoms. The van der Waals surface area contributed by atoms with Gasteiger partial charge >= 0.3 is 6.18 Å². The van der Waals surface area contributed by atoms with Crippen molar-refractivity contribution in [2.75, 3.05) is 6.61 Å². The van der Waals surface area contributed by atoms with Gasteiger partial charge in [-0.1, -0.05) is 42.1 Å². The molecule has 0 saturated heterocycles. The monoisotopic (exact) mass is 433 g/mol. The third kappa shape index (κ3) is 4.89. The molecule has 0 fully saturated rings. The molecule has 0 aliphatic heterocycles. The van der Waals surface area contributed by atoms with Crippen LogP contribution in [0.2, 0.25) is 0 Å². The van der Waals surface area contributed by atoms with Crippen LogP contribution in [0.25, 0.3) is 16.5 Å². The number of amides is 1. The Bertz CT molecular complexity index is 1160. The minimum atomic E-state index is -4.54. The van der Waals surface area contributed by atoms with E-state index in [0.29, 0.717) is 17.0 Å². The van der Waals surface area contributed by atoms with Crippen LogP contribution in [0.1, 0.15) is 35.2 Å². The highest BCUT2D eigenvalue weighted by atomic mass is 19.4. The van der Waals surface area contributed by atoms with Crippen molar-refractivity contribution in [3.05, 3.63) is 72.1 Å². The molecule has 2 aromatic heterocycles. The van der Waals surface area contributed by atoms with Gasteiger partial charge in [0.2, 0.25) is 0 Å². The van der Waals surface area contributed by atoms with Gasteiger partial charge < -0.3 is 14.9 Å². The molecule has 3 aromatic rings. The number of aromatic amines is 1. The summed E-state index contributed by atoms with van der Waals surface area (Å²) in [6.07, 6.45) is -1.83. The van der Waals surface area contributed by atoms with Gasteiger partial charge in [0.15, 0.2) is 11.5 Å². The molecule has 0 saturated carbocycles. The molecule has 1 amide bonds. The molecule has 31 heavy (non-hydrogen) atoms. The zero-order valence-corrected chi connectivity index (χ0v) is 16.3. The van der Waals surface area contributed by atoms with Crippen molar-refractivity contribution in [1.29, 1.82) is 0 Å². The third-order valence-corrected chi connectivity index (χ3v) is 4.33. The average Bonchev–Trinajstić information content (AvgIpc) is 3.38. The zero-order valence-electron chi connectivity index (χ0n) is 16.3. The highest BCUT2D eigenvalue weighted by Crippen LogP contribution is 2.27. The molecule has 3 N–H and O–H groups in total. The van der Waals surface area contributed by atoms with E-state index in [-0.39, 0.29) is 23.0 Å². The van der Waals surface area contributed by atoms with Crippen LogP contribution in [0.15, 0.2) is 59.2 Å². The molecular formula is C20H18F3N5O3. The van der Waals surface area contributed by atoms with Crippen LogP contribution in [0, 0.1) is 0 Å². The van der Waals surface area contributed by atoms with Crippen LogP contribution in [0.4, 0.5) is 13.2 Å². The summed E-state index contributed by atoms with van der Waals surface area (Å²) in [7, 11) is 0. The van der Waals surface area contributed by atoms with Crippen molar-refractivity contribution in [3.63, 3.8) is 0 Å². The minimum Gasteiger partial charge on any atom is -0.394 e. The number of carbonyl (C=O) groups excluding carboxylic acids is 1.